The molecule has 2 aliphatic rings. The maximum absolute atomic E-state index is 13.2. The molecule has 0 aromatic heterocycles. The van der Waals surface area contributed by atoms with Crippen LogP contribution in [0.4, 0.5) is 0 Å². The van der Waals surface area contributed by atoms with E-state index in [4.69, 9.17) is 0 Å². The molecule has 0 spiro atoms. The maximum atomic E-state index is 13.2. The molecule has 6 nitrogen and oxygen atoms in total. The number of aliphatic imine (C=N–C) groups is 1. The number of carbonyl (C=O) groups is 2. The zero-order chi connectivity index (χ0) is 21.1. The van der Waals surface area contributed by atoms with Gasteiger partial charge in [0.15, 0.2) is 5.78 Å². The molecule has 30 heavy (non-hydrogen) atoms. The van der Waals surface area contributed by atoms with Crippen molar-refractivity contribution in [1.82, 2.24) is 5.32 Å². The van der Waals surface area contributed by atoms with Gasteiger partial charge in [-0.2, -0.15) is 5.26 Å². The number of benzene rings is 2. The van der Waals surface area contributed by atoms with Crippen molar-refractivity contribution in [2.45, 2.75) is 31.9 Å². The van der Waals surface area contributed by atoms with Crippen molar-refractivity contribution < 1.29 is 14.7 Å². The standard InChI is InChI=1S/C24H23N3O3/c25-15-24-18(12-7-13-19(24)28)20(21(29)17-10-5-2-6-11-17)22(30)27-23(24)26-14-16-8-3-1-4-9-16/h1-6,8-11,18-20,28H,7,12-14H2,(H,26,27,30)/t18-,19-,20-,24-/m1/s1. The molecule has 2 aromatic carbocycles. The smallest absolute Gasteiger partial charge is 0.236 e. The lowest BCUT2D eigenvalue weighted by molar-refractivity contribution is -0.128. The van der Waals surface area contributed by atoms with Crippen LogP contribution >= 0.6 is 0 Å². The average molecular weight is 401 g/mol. The minimum Gasteiger partial charge on any atom is -0.391 e. The molecule has 1 saturated carbocycles. The molecule has 2 aromatic rings. The molecule has 0 unspecified atom stereocenters. The Morgan fingerprint density at radius 3 is 2.47 bits per heavy atom. The van der Waals surface area contributed by atoms with E-state index in [0.29, 0.717) is 24.8 Å². The van der Waals surface area contributed by atoms with Crippen molar-refractivity contribution >= 4 is 17.5 Å². The fourth-order valence-corrected chi connectivity index (χ4v) is 4.70. The summed E-state index contributed by atoms with van der Waals surface area (Å²) in [6.45, 7) is 0.274. The van der Waals surface area contributed by atoms with Crippen molar-refractivity contribution in [3.05, 3.63) is 71.8 Å². The van der Waals surface area contributed by atoms with E-state index in [9.17, 15) is 20.0 Å². The molecule has 2 N–H and O–H groups in total. The molecular weight excluding hydrogens is 378 g/mol. The van der Waals surface area contributed by atoms with Crippen LogP contribution in [0.3, 0.4) is 0 Å². The summed E-state index contributed by atoms with van der Waals surface area (Å²) < 4.78 is 0. The highest BCUT2D eigenvalue weighted by Crippen LogP contribution is 2.48. The zero-order valence-electron chi connectivity index (χ0n) is 16.5. The molecule has 0 radical (unpaired) electrons. The lowest BCUT2D eigenvalue weighted by atomic mass is 9.57. The first kappa shape index (κ1) is 20.0. The number of aliphatic hydroxyl groups excluding tert-OH is 1. The average Bonchev–Trinajstić information content (AvgIpc) is 2.78. The fourth-order valence-electron chi connectivity index (χ4n) is 4.70. The van der Waals surface area contributed by atoms with E-state index in [-0.39, 0.29) is 18.2 Å². The second kappa shape index (κ2) is 8.21. The van der Waals surface area contributed by atoms with Crippen LogP contribution in [0.2, 0.25) is 0 Å². The summed E-state index contributed by atoms with van der Waals surface area (Å²) in [5.41, 5.74) is -0.0540. The molecule has 6 heteroatoms. The van der Waals surface area contributed by atoms with E-state index in [1.165, 1.54) is 0 Å². The normalized spacial score (nSPS) is 29.5. The number of amidine groups is 1. The Hall–Kier alpha value is -3.30. The summed E-state index contributed by atoms with van der Waals surface area (Å²) in [6.07, 6.45) is 0.581. The van der Waals surface area contributed by atoms with Crippen LogP contribution < -0.4 is 5.32 Å². The van der Waals surface area contributed by atoms with Gasteiger partial charge in [-0.1, -0.05) is 67.1 Å². The molecule has 1 amide bonds. The van der Waals surface area contributed by atoms with Crippen LogP contribution in [0.5, 0.6) is 0 Å². The first-order valence-corrected chi connectivity index (χ1v) is 10.2. The van der Waals surface area contributed by atoms with Gasteiger partial charge in [-0.05, 0) is 18.4 Å². The highest BCUT2D eigenvalue weighted by Gasteiger charge is 2.60. The number of hydrogen-bond donors (Lipinski definition) is 2. The third-order valence-corrected chi connectivity index (χ3v) is 6.21. The molecule has 2 fully saturated rings. The number of amides is 1. The van der Waals surface area contributed by atoms with Gasteiger partial charge >= 0.3 is 0 Å². The summed E-state index contributed by atoms with van der Waals surface area (Å²) >= 11 is 0. The molecule has 4 atom stereocenters. The minimum absolute atomic E-state index is 0.174. The number of piperidine rings is 1. The predicted molar refractivity (Wildman–Crippen MR) is 111 cm³/mol. The molecule has 4 rings (SSSR count). The van der Waals surface area contributed by atoms with Crippen LogP contribution in [0.1, 0.15) is 35.2 Å². The molecule has 1 saturated heterocycles. The van der Waals surface area contributed by atoms with Gasteiger partial charge in [0.2, 0.25) is 5.91 Å². The van der Waals surface area contributed by atoms with Crippen LogP contribution in [-0.2, 0) is 11.3 Å². The fraction of sp³-hybridized carbons (Fsp3) is 0.333. The van der Waals surface area contributed by atoms with Crippen molar-refractivity contribution in [3.63, 3.8) is 0 Å². The van der Waals surface area contributed by atoms with E-state index >= 15 is 0 Å². The Bertz CT molecular complexity index is 1010. The van der Waals surface area contributed by atoms with Crippen molar-refractivity contribution in [1.29, 1.82) is 5.26 Å². The molecule has 0 bridgehead atoms. The summed E-state index contributed by atoms with van der Waals surface area (Å²) in [5, 5.41) is 23.8. The second-order valence-corrected chi connectivity index (χ2v) is 7.88. The highest BCUT2D eigenvalue weighted by atomic mass is 16.3. The lowest BCUT2D eigenvalue weighted by Gasteiger charge is -2.48. The number of Topliss-reactive ketones (excluding diaryl/α,β-unsaturated/α-hetero) is 1. The third kappa shape index (κ3) is 3.31. The minimum atomic E-state index is -1.41. The van der Waals surface area contributed by atoms with Crippen LogP contribution in [0.25, 0.3) is 0 Å². The molecule has 1 heterocycles. The SMILES string of the molecule is N#C[C@@]12C(=NCc3ccccc3)NC(=O)[C@@H](C(=O)c3ccccc3)[C@H]1CCC[C@H]2O. The van der Waals surface area contributed by atoms with Gasteiger partial charge in [0.25, 0.3) is 0 Å². The first-order valence-electron chi connectivity index (χ1n) is 10.2. The van der Waals surface area contributed by atoms with Gasteiger partial charge in [-0.3, -0.25) is 14.6 Å². The van der Waals surface area contributed by atoms with Gasteiger partial charge in [0.05, 0.1) is 18.7 Å². The summed E-state index contributed by atoms with van der Waals surface area (Å²) in [4.78, 5) is 30.8. The number of nitriles is 1. The van der Waals surface area contributed by atoms with Crippen molar-refractivity contribution in [3.8, 4) is 6.07 Å². The first-order chi connectivity index (χ1) is 14.6. The van der Waals surface area contributed by atoms with Crippen LogP contribution in [0, 0.1) is 28.6 Å². The van der Waals surface area contributed by atoms with Gasteiger partial charge in [-0.15, -0.1) is 0 Å². The number of hydrogen-bond acceptors (Lipinski definition) is 5. The highest BCUT2D eigenvalue weighted by molar-refractivity contribution is 6.17. The monoisotopic (exact) mass is 401 g/mol. The van der Waals surface area contributed by atoms with E-state index in [2.05, 4.69) is 16.4 Å². The Balaban J connectivity index is 1.75. The van der Waals surface area contributed by atoms with Gasteiger partial charge in [0.1, 0.15) is 17.2 Å². The Morgan fingerprint density at radius 2 is 1.80 bits per heavy atom. The largest absolute Gasteiger partial charge is 0.391 e. The van der Waals surface area contributed by atoms with Crippen LogP contribution in [0.15, 0.2) is 65.7 Å². The molecule has 152 valence electrons. The topological polar surface area (TPSA) is 103 Å². The number of fused-ring (bicyclic) bond motifs is 1. The van der Waals surface area contributed by atoms with E-state index in [1.807, 2.05) is 30.3 Å². The van der Waals surface area contributed by atoms with E-state index < -0.39 is 29.3 Å². The summed E-state index contributed by atoms with van der Waals surface area (Å²) in [7, 11) is 0. The Morgan fingerprint density at radius 1 is 1.13 bits per heavy atom. The third-order valence-electron chi connectivity index (χ3n) is 6.21. The molecular formula is C24H23N3O3. The summed E-state index contributed by atoms with van der Waals surface area (Å²) in [5.74, 6) is -2.26. The molecule has 1 aliphatic carbocycles. The van der Waals surface area contributed by atoms with Gasteiger partial charge < -0.3 is 10.4 Å². The van der Waals surface area contributed by atoms with Crippen molar-refractivity contribution in [2.24, 2.45) is 22.2 Å². The lowest BCUT2D eigenvalue weighted by Crippen LogP contribution is -2.65. The summed E-state index contributed by atoms with van der Waals surface area (Å²) in [6, 6.07) is 20.4. The number of rotatable bonds is 4. The van der Waals surface area contributed by atoms with Crippen LogP contribution in [-0.4, -0.2) is 28.7 Å². The number of ketones is 1. The Labute approximate surface area is 175 Å². The Kier molecular flexibility index (Phi) is 5.47. The van der Waals surface area contributed by atoms with Gasteiger partial charge in [-0.25, -0.2) is 0 Å². The molecule has 1 aliphatic heterocycles. The maximum Gasteiger partial charge on any atom is 0.236 e. The van der Waals surface area contributed by atoms with Gasteiger partial charge in [0, 0.05) is 11.5 Å². The van der Waals surface area contributed by atoms with E-state index in [1.54, 1.807) is 30.3 Å². The van der Waals surface area contributed by atoms with E-state index in [0.717, 1.165) is 5.56 Å². The number of nitrogens with zero attached hydrogens (tertiary/aromatic N) is 2. The number of aliphatic hydroxyl groups is 1. The number of carbonyl (C=O) groups excluding carboxylic acids is 2. The predicted octanol–water partition coefficient (Wildman–Crippen LogP) is 2.88. The van der Waals surface area contributed by atoms with Crippen molar-refractivity contribution in [2.75, 3.05) is 0 Å². The second-order valence-electron chi connectivity index (χ2n) is 7.88. The quantitative estimate of drug-likeness (QED) is 0.607. The number of nitrogens with one attached hydrogen (secondary N) is 1. The zero-order valence-corrected chi connectivity index (χ0v) is 16.5.